The summed E-state index contributed by atoms with van der Waals surface area (Å²) in [7, 11) is 0. The van der Waals surface area contributed by atoms with Crippen LogP contribution in [0.2, 0.25) is 0 Å². The molecular formula is C69H61N3. The first-order valence-electron chi connectivity index (χ1n) is 25.1. The van der Waals surface area contributed by atoms with Gasteiger partial charge in [0.15, 0.2) is 0 Å². The lowest BCUT2D eigenvalue weighted by atomic mass is 9.83. The van der Waals surface area contributed by atoms with Crippen molar-refractivity contribution in [2.45, 2.75) is 53.9 Å². The van der Waals surface area contributed by atoms with E-state index in [1.54, 1.807) is 12.2 Å². The zero-order valence-corrected chi connectivity index (χ0v) is 42.2. The minimum absolute atomic E-state index is 0.937. The lowest BCUT2D eigenvalue weighted by Crippen LogP contribution is -2.07. The molecule has 0 radical (unpaired) electrons. The molecular weight excluding hydrogens is 871 g/mol. The zero-order chi connectivity index (χ0) is 49.9. The third-order valence-electron chi connectivity index (χ3n) is 14.2. The highest BCUT2D eigenvalue weighted by molar-refractivity contribution is 6.09. The fourth-order valence-electron chi connectivity index (χ4n) is 11.2. The highest BCUT2D eigenvalue weighted by Gasteiger charge is 2.27. The van der Waals surface area contributed by atoms with Crippen LogP contribution in [-0.2, 0) is 12.8 Å². The van der Waals surface area contributed by atoms with Crippen LogP contribution in [0.25, 0.3) is 89.1 Å². The molecule has 3 nitrogen and oxygen atoms in total. The summed E-state index contributed by atoms with van der Waals surface area (Å²) in [4.78, 5) is 4.94. The van der Waals surface area contributed by atoms with E-state index in [9.17, 15) is 0 Å². The Kier molecular flexibility index (Phi) is 13.4. The summed E-state index contributed by atoms with van der Waals surface area (Å²) in [6, 6.07) is 58.5. The van der Waals surface area contributed by atoms with Gasteiger partial charge in [0.25, 0.3) is 0 Å². The Labute approximate surface area is 425 Å². The van der Waals surface area contributed by atoms with Gasteiger partial charge in [-0.15, -0.1) is 6.58 Å². The van der Waals surface area contributed by atoms with E-state index in [-0.39, 0.29) is 0 Å². The van der Waals surface area contributed by atoms with Gasteiger partial charge in [-0.2, -0.15) is 0 Å². The van der Waals surface area contributed by atoms with E-state index in [0.29, 0.717) is 0 Å². The molecule has 2 aliphatic rings. The van der Waals surface area contributed by atoms with Gasteiger partial charge in [-0.05, 0) is 174 Å². The number of rotatable bonds is 9. The third-order valence-corrected chi connectivity index (χ3v) is 14.2. The maximum atomic E-state index is 4.94. The largest absolute Gasteiger partial charge is 0.309 e. The van der Waals surface area contributed by atoms with Gasteiger partial charge >= 0.3 is 0 Å². The Bertz CT molecular complexity index is 3720. The van der Waals surface area contributed by atoms with Crippen LogP contribution in [0.3, 0.4) is 0 Å². The number of nitrogens with zero attached hydrogens (tertiary/aromatic N) is 3. The molecule has 2 heterocycles. The predicted octanol–water partition coefficient (Wildman–Crippen LogP) is 18.5. The molecule has 2 aliphatic carbocycles. The molecule has 0 saturated heterocycles. The SMILES string of the molecule is C=C/C=C\C/C=C/C(=C)C.C=CC.Cc1c(-c2ccc3c(c2)-c2ccccc2C3)c(C)c(-n2ccnc2-c2ccccc2)c(C)c1-c1ccc2c(c1)-c1cc(-n3c4ccccc4c4ccccc43)ccc1C2. The van der Waals surface area contributed by atoms with Crippen LogP contribution in [0, 0.1) is 20.8 Å². The normalized spacial score (nSPS) is 12.0. The lowest BCUT2D eigenvalue weighted by Gasteiger charge is -2.25. The number of hydrogen-bond donors (Lipinski definition) is 0. The summed E-state index contributed by atoms with van der Waals surface area (Å²) < 4.78 is 4.75. The van der Waals surface area contributed by atoms with E-state index < -0.39 is 0 Å². The summed E-state index contributed by atoms with van der Waals surface area (Å²) in [5.41, 5.74) is 26.8. The van der Waals surface area contributed by atoms with Crippen molar-refractivity contribution >= 4 is 21.8 Å². The number of aromatic nitrogens is 3. The molecule has 3 heteroatoms. The lowest BCUT2D eigenvalue weighted by molar-refractivity contribution is 1.03. The number of fused-ring (bicyclic) bond motifs is 9. The Morgan fingerprint density at radius 3 is 1.71 bits per heavy atom. The van der Waals surface area contributed by atoms with Crippen LogP contribution in [-0.4, -0.2) is 14.1 Å². The minimum atomic E-state index is 0.937. The van der Waals surface area contributed by atoms with Crippen molar-refractivity contribution in [3.8, 4) is 67.3 Å². The van der Waals surface area contributed by atoms with Crippen molar-refractivity contribution in [1.29, 1.82) is 0 Å². The predicted molar refractivity (Wildman–Crippen MR) is 309 cm³/mol. The molecule has 0 fully saturated rings. The average molecular weight is 932 g/mol. The molecule has 352 valence electrons. The van der Waals surface area contributed by atoms with Gasteiger partial charge in [0, 0.05) is 34.4 Å². The number of allylic oxidation sites excluding steroid dienone is 7. The van der Waals surface area contributed by atoms with Crippen molar-refractivity contribution in [3.63, 3.8) is 0 Å². The maximum absolute atomic E-state index is 4.94. The Hall–Kier alpha value is -8.53. The molecule has 0 amide bonds. The Morgan fingerprint density at radius 2 is 1.10 bits per heavy atom. The second kappa shape index (κ2) is 20.4. The van der Waals surface area contributed by atoms with Crippen molar-refractivity contribution in [3.05, 3.63) is 271 Å². The monoisotopic (exact) mass is 931 g/mol. The smallest absolute Gasteiger partial charge is 0.144 e. The van der Waals surface area contributed by atoms with Crippen LogP contribution in [0.1, 0.15) is 59.2 Å². The highest BCUT2D eigenvalue weighted by Crippen LogP contribution is 2.47. The standard InChI is InChI=1S/C56H41N3.C10H14.C3H6/c1-34-53(42-23-21-39-29-38-15-7-8-16-45(38)48(39)31-42)35(2)55(58-28-27-57-56(58)37-13-5-4-6-14-37)36(3)54(34)43-24-22-40-30-41-25-26-44(33-50(41)49(40)32-43)59-51-19-11-9-17-46(51)47-18-10-12-20-52(47)59;1-4-5-6-7-8-9-10(2)3;1-3-2/h4-28,31-33H,29-30H2,1-3H3;4-6,8-9H,1-2,7H2,3H3;3H,1H2,2H3/b;6-5-,9-8+;. The Morgan fingerprint density at radius 1 is 0.569 bits per heavy atom. The molecule has 0 bridgehead atoms. The molecule has 0 saturated carbocycles. The van der Waals surface area contributed by atoms with Crippen LogP contribution >= 0.6 is 0 Å². The molecule has 0 N–H and O–H groups in total. The summed E-state index contributed by atoms with van der Waals surface area (Å²) >= 11 is 0. The van der Waals surface area contributed by atoms with Crippen LogP contribution in [0.5, 0.6) is 0 Å². The number of benzene rings is 8. The first-order chi connectivity index (χ1) is 35.2. The molecule has 2 aromatic heterocycles. The van der Waals surface area contributed by atoms with Crippen molar-refractivity contribution in [2.75, 3.05) is 0 Å². The number of hydrogen-bond acceptors (Lipinski definition) is 1. The molecule has 72 heavy (non-hydrogen) atoms. The second-order valence-corrected chi connectivity index (χ2v) is 19.0. The quantitative estimate of drug-likeness (QED) is 0.104. The van der Waals surface area contributed by atoms with Gasteiger partial charge in [-0.1, -0.05) is 177 Å². The maximum Gasteiger partial charge on any atom is 0.144 e. The van der Waals surface area contributed by atoms with E-state index in [1.807, 2.05) is 38.3 Å². The van der Waals surface area contributed by atoms with Crippen LogP contribution in [0.15, 0.2) is 232 Å². The van der Waals surface area contributed by atoms with Gasteiger partial charge in [0.2, 0.25) is 0 Å². The minimum Gasteiger partial charge on any atom is -0.309 e. The van der Waals surface area contributed by atoms with E-state index in [1.165, 1.54) is 117 Å². The topological polar surface area (TPSA) is 22.8 Å². The van der Waals surface area contributed by atoms with E-state index in [0.717, 1.165) is 36.2 Å². The molecule has 10 aromatic rings. The summed E-state index contributed by atoms with van der Waals surface area (Å²) in [6.07, 6.45) is 18.5. The first-order valence-corrected chi connectivity index (χ1v) is 25.1. The van der Waals surface area contributed by atoms with Gasteiger partial charge < -0.3 is 4.57 Å². The Balaban J connectivity index is 0.000000409. The van der Waals surface area contributed by atoms with Gasteiger partial charge in [0.1, 0.15) is 5.82 Å². The number of para-hydroxylation sites is 2. The summed E-state index contributed by atoms with van der Waals surface area (Å²) in [6.45, 7) is 21.5. The van der Waals surface area contributed by atoms with E-state index in [2.05, 4.69) is 220 Å². The molecule has 0 aliphatic heterocycles. The van der Waals surface area contributed by atoms with E-state index in [4.69, 9.17) is 4.98 Å². The fourth-order valence-corrected chi connectivity index (χ4v) is 11.2. The highest BCUT2D eigenvalue weighted by atomic mass is 15.1. The van der Waals surface area contributed by atoms with Gasteiger partial charge in [-0.3, -0.25) is 4.57 Å². The van der Waals surface area contributed by atoms with Crippen LogP contribution < -0.4 is 0 Å². The zero-order valence-electron chi connectivity index (χ0n) is 42.2. The third kappa shape index (κ3) is 8.73. The molecule has 12 rings (SSSR count). The molecule has 0 spiro atoms. The van der Waals surface area contributed by atoms with Gasteiger partial charge in [0.05, 0.1) is 16.7 Å². The fraction of sp³-hybridized carbons (Fsp3) is 0.116. The molecule has 8 aromatic carbocycles. The molecule has 0 unspecified atom stereocenters. The average Bonchev–Trinajstić information content (AvgIpc) is 4.19. The van der Waals surface area contributed by atoms with Crippen LogP contribution in [0.4, 0.5) is 0 Å². The van der Waals surface area contributed by atoms with Crippen molar-refractivity contribution in [2.24, 2.45) is 0 Å². The summed E-state index contributed by atoms with van der Waals surface area (Å²) in [5.74, 6) is 0.945. The van der Waals surface area contributed by atoms with Crippen molar-refractivity contribution in [1.82, 2.24) is 14.1 Å². The first kappa shape index (κ1) is 47.2. The van der Waals surface area contributed by atoms with Crippen molar-refractivity contribution < 1.29 is 0 Å². The second-order valence-electron chi connectivity index (χ2n) is 19.0. The molecule has 0 atom stereocenters. The van der Waals surface area contributed by atoms with E-state index >= 15 is 0 Å². The van der Waals surface area contributed by atoms with Gasteiger partial charge in [-0.25, -0.2) is 4.98 Å². The number of imidazole rings is 1. The summed E-state index contributed by atoms with van der Waals surface area (Å²) in [5, 5.41) is 2.56.